The van der Waals surface area contributed by atoms with Gasteiger partial charge in [0.1, 0.15) is 6.54 Å². The molecule has 0 aromatic heterocycles. The maximum atomic E-state index is 11.6. The Morgan fingerprint density at radius 3 is 2.60 bits per heavy atom. The van der Waals surface area contributed by atoms with Gasteiger partial charge >= 0.3 is 12.0 Å². The van der Waals surface area contributed by atoms with Crippen molar-refractivity contribution in [1.29, 1.82) is 0 Å². The van der Waals surface area contributed by atoms with Crippen LogP contribution >= 0.6 is 0 Å². The van der Waals surface area contributed by atoms with Gasteiger partial charge in [-0.2, -0.15) is 0 Å². The van der Waals surface area contributed by atoms with Crippen molar-refractivity contribution in [3.63, 3.8) is 0 Å². The van der Waals surface area contributed by atoms with Crippen molar-refractivity contribution < 1.29 is 14.7 Å². The molecule has 1 rings (SSSR count). The quantitative estimate of drug-likeness (QED) is 0.671. The van der Waals surface area contributed by atoms with E-state index in [0.717, 1.165) is 25.8 Å². The van der Waals surface area contributed by atoms with Crippen molar-refractivity contribution in [1.82, 2.24) is 9.80 Å². The highest BCUT2D eigenvalue weighted by atomic mass is 16.4. The molecule has 2 amide bonds. The Labute approximate surface area is 89.7 Å². The van der Waals surface area contributed by atoms with Crippen molar-refractivity contribution in [2.24, 2.45) is 0 Å². The first kappa shape index (κ1) is 11.8. The predicted octanol–water partition coefficient (Wildman–Crippen LogP) is 0.999. The first-order valence-electron chi connectivity index (χ1n) is 5.40. The van der Waals surface area contributed by atoms with Crippen molar-refractivity contribution in [2.75, 3.05) is 26.2 Å². The molecule has 5 heteroatoms. The number of unbranched alkanes of at least 4 members (excludes halogenated alkanes) is 2. The van der Waals surface area contributed by atoms with Gasteiger partial charge in [-0.3, -0.25) is 4.79 Å². The minimum absolute atomic E-state index is 0.131. The largest absolute Gasteiger partial charge is 0.480 e. The molecule has 0 atom stereocenters. The third-order valence-electron chi connectivity index (χ3n) is 2.54. The number of nitrogens with zero attached hydrogens (tertiary/aromatic N) is 2. The Hall–Kier alpha value is -1.26. The topological polar surface area (TPSA) is 60.9 Å². The lowest BCUT2D eigenvalue weighted by molar-refractivity contribution is -0.137. The second kappa shape index (κ2) is 5.58. The molecule has 15 heavy (non-hydrogen) atoms. The third-order valence-corrected chi connectivity index (χ3v) is 2.54. The summed E-state index contributed by atoms with van der Waals surface area (Å²) >= 11 is 0. The van der Waals surface area contributed by atoms with Crippen molar-refractivity contribution in [3.8, 4) is 0 Å². The molecular formula is C10H18N2O3. The van der Waals surface area contributed by atoms with Gasteiger partial charge in [-0.15, -0.1) is 0 Å². The fraction of sp³-hybridized carbons (Fsp3) is 0.800. The van der Waals surface area contributed by atoms with Crippen molar-refractivity contribution in [3.05, 3.63) is 0 Å². The fourth-order valence-electron chi connectivity index (χ4n) is 1.70. The molecule has 0 aromatic rings. The zero-order valence-corrected chi connectivity index (χ0v) is 9.11. The van der Waals surface area contributed by atoms with Gasteiger partial charge in [-0.1, -0.05) is 19.8 Å². The lowest BCUT2D eigenvalue weighted by Crippen LogP contribution is -2.35. The second-order valence-electron chi connectivity index (χ2n) is 3.79. The second-order valence-corrected chi connectivity index (χ2v) is 3.79. The number of hydrogen-bond donors (Lipinski definition) is 1. The maximum absolute atomic E-state index is 11.6. The highest BCUT2D eigenvalue weighted by Crippen LogP contribution is 2.09. The molecule has 86 valence electrons. The molecule has 0 aromatic carbocycles. The lowest BCUT2D eigenvalue weighted by atomic mass is 10.2. The van der Waals surface area contributed by atoms with E-state index < -0.39 is 5.97 Å². The number of carbonyl (C=O) groups excluding carboxylic acids is 1. The number of carboxylic acid groups (broad SMARTS) is 1. The minimum Gasteiger partial charge on any atom is -0.480 e. The number of amides is 2. The van der Waals surface area contributed by atoms with Crippen LogP contribution in [0.4, 0.5) is 4.79 Å². The van der Waals surface area contributed by atoms with E-state index in [0.29, 0.717) is 13.1 Å². The van der Waals surface area contributed by atoms with Gasteiger partial charge in [-0.25, -0.2) is 4.79 Å². The van der Waals surface area contributed by atoms with E-state index in [2.05, 4.69) is 6.92 Å². The molecule has 0 radical (unpaired) electrons. The summed E-state index contributed by atoms with van der Waals surface area (Å²) in [6, 6.07) is -0.131. The first-order chi connectivity index (χ1) is 7.15. The Morgan fingerprint density at radius 1 is 1.33 bits per heavy atom. The molecule has 1 saturated heterocycles. The molecule has 0 saturated carbocycles. The van der Waals surface area contributed by atoms with Gasteiger partial charge in [0.05, 0.1) is 0 Å². The highest BCUT2D eigenvalue weighted by Gasteiger charge is 2.28. The van der Waals surface area contributed by atoms with Crippen LogP contribution in [-0.4, -0.2) is 53.1 Å². The van der Waals surface area contributed by atoms with Crippen LogP contribution in [0.1, 0.15) is 26.2 Å². The molecule has 0 bridgehead atoms. The lowest BCUT2D eigenvalue weighted by Gasteiger charge is -2.16. The van der Waals surface area contributed by atoms with E-state index >= 15 is 0 Å². The summed E-state index contributed by atoms with van der Waals surface area (Å²) in [7, 11) is 0. The van der Waals surface area contributed by atoms with Crippen LogP contribution in [0, 0.1) is 0 Å². The van der Waals surface area contributed by atoms with Gasteiger partial charge in [-0.05, 0) is 6.42 Å². The minimum atomic E-state index is -0.946. The number of carbonyl (C=O) groups is 2. The van der Waals surface area contributed by atoms with Gasteiger partial charge in [0.15, 0.2) is 0 Å². The number of carboxylic acids is 1. The van der Waals surface area contributed by atoms with Crippen LogP contribution in [0.3, 0.4) is 0 Å². The summed E-state index contributed by atoms with van der Waals surface area (Å²) in [5, 5.41) is 8.58. The smallest absolute Gasteiger partial charge is 0.323 e. The summed E-state index contributed by atoms with van der Waals surface area (Å²) in [6.45, 7) is 3.89. The van der Waals surface area contributed by atoms with E-state index in [1.54, 1.807) is 4.90 Å². The van der Waals surface area contributed by atoms with E-state index in [1.807, 2.05) is 0 Å². The van der Waals surface area contributed by atoms with E-state index in [4.69, 9.17) is 5.11 Å². The average molecular weight is 214 g/mol. The Balaban J connectivity index is 2.32. The summed E-state index contributed by atoms with van der Waals surface area (Å²) in [5.41, 5.74) is 0. The van der Waals surface area contributed by atoms with Gasteiger partial charge in [0.25, 0.3) is 0 Å². The molecule has 0 spiro atoms. The Bertz CT molecular complexity index is 243. The number of rotatable bonds is 6. The predicted molar refractivity (Wildman–Crippen MR) is 55.7 cm³/mol. The zero-order valence-electron chi connectivity index (χ0n) is 9.11. The molecule has 1 aliphatic heterocycles. The number of aliphatic carboxylic acids is 1. The first-order valence-corrected chi connectivity index (χ1v) is 5.40. The highest BCUT2D eigenvalue weighted by molar-refractivity contribution is 5.81. The molecule has 0 unspecified atom stereocenters. The van der Waals surface area contributed by atoms with Gasteiger partial charge in [0, 0.05) is 19.6 Å². The molecule has 1 heterocycles. The Morgan fingerprint density at radius 2 is 2.00 bits per heavy atom. The molecule has 1 N–H and O–H groups in total. The van der Waals surface area contributed by atoms with Crippen molar-refractivity contribution in [2.45, 2.75) is 26.2 Å². The zero-order chi connectivity index (χ0) is 11.3. The van der Waals surface area contributed by atoms with Gasteiger partial charge < -0.3 is 14.9 Å². The normalized spacial score (nSPS) is 16.2. The van der Waals surface area contributed by atoms with Crippen LogP contribution < -0.4 is 0 Å². The van der Waals surface area contributed by atoms with Crippen LogP contribution in [0.5, 0.6) is 0 Å². The standard InChI is InChI=1S/C10H18N2O3/c1-2-3-4-5-11-6-7-12(10(11)15)8-9(13)14/h2-8H2,1H3,(H,13,14). The number of urea groups is 1. The fourth-order valence-corrected chi connectivity index (χ4v) is 1.70. The summed E-state index contributed by atoms with van der Waals surface area (Å²) in [6.07, 6.45) is 3.24. The van der Waals surface area contributed by atoms with E-state index in [-0.39, 0.29) is 12.6 Å². The Kier molecular flexibility index (Phi) is 4.39. The SMILES string of the molecule is CCCCCN1CCN(CC(=O)O)C1=O. The molecular weight excluding hydrogens is 196 g/mol. The van der Waals surface area contributed by atoms with E-state index in [9.17, 15) is 9.59 Å². The number of hydrogen-bond acceptors (Lipinski definition) is 2. The molecule has 1 fully saturated rings. The summed E-state index contributed by atoms with van der Waals surface area (Å²) in [5.74, 6) is -0.946. The summed E-state index contributed by atoms with van der Waals surface area (Å²) < 4.78 is 0. The van der Waals surface area contributed by atoms with E-state index in [1.165, 1.54) is 4.90 Å². The van der Waals surface area contributed by atoms with Crippen LogP contribution in [0.2, 0.25) is 0 Å². The third kappa shape index (κ3) is 3.42. The van der Waals surface area contributed by atoms with Crippen LogP contribution in [0.15, 0.2) is 0 Å². The molecule has 0 aliphatic carbocycles. The maximum Gasteiger partial charge on any atom is 0.323 e. The summed E-state index contributed by atoms with van der Waals surface area (Å²) in [4.78, 5) is 25.2. The average Bonchev–Trinajstić information content (AvgIpc) is 2.49. The van der Waals surface area contributed by atoms with Crippen LogP contribution in [0.25, 0.3) is 0 Å². The van der Waals surface area contributed by atoms with Crippen LogP contribution in [-0.2, 0) is 4.79 Å². The van der Waals surface area contributed by atoms with Crippen molar-refractivity contribution >= 4 is 12.0 Å². The monoisotopic (exact) mass is 214 g/mol. The molecule has 5 nitrogen and oxygen atoms in total. The van der Waals surface area contributed by atoms with Gasteiger partial charge in [0.2, 0.25) is 0 Å². The molecule has 1 aliphatic rings.